The standard InChI is InChI=1S/C28H30N2O4S2/c1-19(30-24-11-13-25(14-12-24)35(4,31)32)20-8-6-9-21(16-20)26-18-23(28(2,3)36(5,33)34)17-22-10-7-15-29-27(22)26/h6-19,30H,1-5H3. The van der Waals surface area contributed by atoms with Crippen LogP contribution >= 0.6 is 0 Å². The van der Waals surface area contributed by atoms with E-state index in [0.717, 1.165) is 33.3 Å². The molecule has 3 aromatic carbocycles. The molecule has 0 aliphatic rings. The molecule has 4 aromatic rings. The van der Waals surface area contributed by atoms with E-state index in [0.29, 0.717) is 5.56 Å². The number of hydrogen-bond donors (Lipinski definition) is 1. The van der Waals surface area contributed by atoms with Gasteiger partial charge in [-0.25, -0.2) is 16.8 Å². The highest BCUT2D eigenvalue weighted by molar-refractivity contribution is 7.91. The molecule has 1 heterocycles. The van der Waals surface area contributed by atoms with Crippen LogP contribution in [0.25, 0.3) is 22.0 Å². The van der Waals surface area contributed by atoms with Crippen molar-refractivity contribution in [2.75, 3.05) is 17.8 Å². The molecule has 0 amide bonds. The first-order chi connectivity index (χ1) is 16.8. The van der Waals surface area contributed by atoms with Crippen molar-refractivity contribution < 1.29 is 16.8 Å². The van der Waals surface area contributed by atoms with Crippen LogP contribution in [-0.2, 0) is 24.4 Å². The van der Waals surface area contributed by atoms with Crippen molar-refractivity contribution in [3.8, 4) is 11.1 Å². The Labute approximate surface area is 213 Å². The quantitative estimate of drug-likeness (QED) is 0.332. The summed E-state index contributed by atoms with van der Waals surface area (Å²) in [6, 6.07) is 22.3. The highest BCUT2D eigenvalue weighted by Gasteiger charge is 2.33. The molecule has 1 atom stereocenters. The zero-order valence-electron chi connectivity index (χ0n) is 21.0. The smallest absolute Gasteiger partial charge is 0.175 e. The van der Waals surface area contributed by atoms with Gasteiger partial charge in [-0.2, -0.15) is 0 Å². The van der Waals surface area contributed by atoms with Crippen molar-refractivity contribution in [1.82, 2.24) is 4.98 Å². The maximum Gasteiger partial charge on any atom is 0.175 e. The lowest BCUT2D eigenvalue weighted by atomic mass is 9.92. The summed E-state index contributed by atoms with van der Waals surface area (Å²) in [6.45, 7) is 5.48. The lowest BCUT2D eigenvalue weighted by Gasteiger charge is -2.25. The number of rotatable bonds is 7. The molecule has 36 heavy (non-hydrogen) atoms. The van der Waals surface area contributed by atoms with Crippen LogP contribution in [0.2, 0.25) is 0 Å². The van der Waals surface area contributed by atoms with E-state index in [1.165, 1.54) is 12.5 Å². The third kappa shape index (κ3) is 5.15. The topological polar surface area (TPSA) is 93.2 Å². The van der Waals surface area contributed by atoms with E-state index in [-0.39, 0.29) is 10.9 Å². The molecular formula is C28H30N2O4S2. The van der Waals surface area contributed by atoms with Gasteiger partial charge < -0.3 is 5.32 Å². The third-order valence-corrected chi connectivity index (χ3v) is 9.91. The first-order valence-electron chi connectivity index (χ1n) is 11.5. The van der Waals surface area contributed by atoms with Gasteiger partial charge in [-0.1, -0.05) is 24.3 Å². The van der Waals surface area contributed by atoms with Gasteiger partial charge in [0.15, 0.2) is 19.7 Å². The minimum Gasteiger partial charge on any atom is -0.379 e. The number of hydrogen-bond acceptors (Lipinski definition) is 6. The minimum atomic E-state index is -3.36. The fourth-order valence-electron chi connectivity index (χ4n) is 4.08. The molecule has 1 aromatic heterocycles. The molecule has 188 valence electrons. The number of benzene rings is 3. The predicted octanol–water partition coefficient (Wildman–Crippen LogP) is 5.76. The number of pyridine rings is 1. The maximum atomic E-state index is 12.6. The first-order valence-corrected chi connectivity index (χ1v) is 15.3. The minimum absolute atomic E-state index is 0.0658. The highest BCUT2D eigenvalue weighted by atomic mass is 32.2. The summed E-state index contributed by atoms with van der Waals surface area (Å²) in [7, 11) is -6.61. The molecule has 0 bridgehead atoms. The Morgan fingerprint density at radius 1 is 0.861 bits per heavy atom. The summed E-state index contributed by atoms with van der Waals surface area (Å²) >= 11 is 0. The van der Waals surface area contributed by atoms with Crippen molar-refractivity contribution in [3.05, 3.63) is 90.1 Å². The van der Waals surface area contributed by atoms with Crippen molar-refractivity contribution in [1.29, 1.82) is 0 Å². The van der Waals surface area contributed by atoms with E-state index in [1.807, 2.05) is 49.4 Å². The Hall–Kier alpha value is -3.23. The Kier molecular flexibility index (Phi) is 6.70. The lowest BCUT2D eigenvalue weighted by Crippen LogP contribution is -2.28. The van der Waals surface area contributed by atoms with Gasteiger partial charge in [-0.3, -0.25) is 4.98 Å². The molecule has 0 spiro atoms. The summed E-state index contributed by atoms with van der Waals surface area (Å²) in [5, 5.41) is 4.30. The number of anilines is 1. The monoisotopic (exact) mass is 522 g/mol. The van der Waals surface area contributed by atoms with Crippen molar-refractivity contribution in [3.63, 3.8) is 0 Å². The van der Waals surface area contributed by atoms with Crippen LogP contribution < -0.4 is 5.32 Å². The van der Waals surface area contributed by atoms with Crippen LogP contribution in [0.15, 0.2) is 83.9 Å². The molecule has 0 radical (unpaired) electrons. The third-order valence-electron chi connectivity index (χ3n) is 6.69. The summed E-state index contributed by atoms with van der Waals surface area (Å²) in [4.78, 5) is 4.88. The number of aromatic nitrogens is 1. The SMILES string of the molecule is CC(Nc1ccc(S(C)(=O)=O)cc1)c1cccc(-c2cc(C(C)(C)S(C)(=O)=O)cc3cccnc23)c1. The van der Waals surface area contributed by atoms with Gasteiger partial charge in [0.05, 0.1) is 15.2 Å². The molecule has 0 aliphatic carbocycles. The summed E-state index contributed by atoms with van der Waals surface area (Å²) in [5.74, 6) is 0. The van der Waals surface area contributed by atoms with Gasteiger partial charge in [0, 0.05) is 41.4 Å². The Morgan fingerprint density at radius 3 is 2.19 bits per heavy atom. The first kappa shape index (κ1) is 25.9. The second-order valence-corrected chi connectivity index (χ2v) is 14.3. The second-order valence-electron chi connectivity index (χ2n) is 9.67. The van der Waals surface area contributed by atoms with Crippen molar-refractivity contribution in [2.24, 2.45) is 0 Å². The number of sulfone groups is 2. The molecule has 0 fully saturated rings. The molecule has 0 aliphatic heterocycles. The number of nitrogens with zero attached hydrogens (tertiary/aromatic N) is 1. The lowest BCUT2D eigenvalue weighted by molar-refractivity contribution is 0.561. The zero-order chi connectivity index (χ0) is 26.3. The average molecular weight is 523 g/mol. The summed E-state index contributed by atoms with van der Waals surface area (Å²) in [5.41, 5.74) is 5.15. The fraction of sp³-hybridized carbons (Fsp3) is 0.250. The van der Waals surface area contributed by atoms with Crippen molar-refractivity contribution in [2.45, 2.75) is 36.5 Å². The largest absolute Gasteiger partial charge is 0.379 e. The van der Waals surface area contributed by atoms with Gasteiger partial charge >= 0.3 is 0 Å². The van der Waals surface area contributed by atoms with Crippen LogP contribution in [0.5, 0.6) is 0 Å². The second kappa shape index (κ2) is 9.33. The molecule has 1 unspecified atom stereocenters. The van der Waals surface area contributed by atoms with E-state index in [9.17, 15) is 16.8 Å². The van der Waals surface area contributed by atoms with E-state index in [2.05, 4.69) is 16.4 Å². The fourth-order valence-corrected chi connectivity index (χ4v) is 5.26. The van der Waals surface area contributed by atoms with Gasteiger partial charge in [0.1, 0.15) is 0 Å². The van der Waals surface area contributed by atoms with Gasteiger partial charge in [0.2, 0.25) is 0 Å². The summed E-state index contributed by atoms with van der Waals surface area (Å²) in [6.07, 6.45) is 4.19. The van der Waals surface area contributed by atoms with Gasteiger partial charge in [-0.05, 0) is 86.0 Å². The van der Waals surface area contributed by atoms with Crippen molar-refractivity contribution >= 4 is 36.3 Å². The Bertz CT molecular complexity index is 1640. The molecule has 0 saturated heterocycles. The van der Waals surface area contributed by atoms with Crippen LogP contribution in [0.4, 0.5) is 5.69 Å². The van der Waals surface area contributed by atoms with Gasteiger partial charge in [-0.15, -0.1) is 0 Å². The maximum absolute atomic E-state index is 12.6. The average Bonchev–Trinajstić information content (AvgIpc) is 2.82. The Balaban J connectivity index is 1.74. The summed E-state index contributed by atoms with van der Waals surface area (Å²) < 4.78 is 47.6. The predicted molar refractivity (Wildman–Crippen MR) is 147 cm³/mol. The van der Waals surface area contributed by atoms with E-state index in [4.69, 9.17) is 0 Å². The van der Waals surface area contributed by atoms with E-state index >= 15 is 0 Å². The van der Waals surface area contributed by atoms with Gasteiger partial charge in [0.25, 0.3) is 0 Å². The normalized spacial score (nSPS) is 13.5. The van der Waals surface area contributed by atoms with Crippen LogP contribution in [0.1, 0.15) is 37.9 Å². The molecule has 1 N–H and O–H groups in total. The molecule has 4 rings (SSSR count). The molecule has 0 saturated carbocycles. The van der Waals surface area contributed by atoms with Crippen LogP contribution in [0, 0.1) is 0 Å². The molecular weight excluding hydrogens is 492 g/mol. The number of nitrogens with one attached hydrogen (secondary N) is 1. The van der Waals surface area contributed by atoms with E-state index < -0.39 is 24.4 Å². The highest BCUT2D eigenvalue weighted by Crippen LogP contribution is 2.37. The zero-order valence-corrected chi connectivity index (χ0v) is 22.6. The molecule has 6 nitrogen and oxygen atoms in total. The number of fused-ring (bicyclic) bond motifs is 1. The Morgan fingerprint density at radius 2 is 1.56 bits per heavy atom. The molecule has 8 heteroatoms. The van der Waals surface area contributed by atoms with Crippen LogP contribution in [-0.4, -0.2) is 34.3 Å². The van der Waals surface area contributed by atoms with E-state index in [1.54, 1.807) is 44.3 Å². The van der Waals surface area contributed by atoms with Crippen LogP contribution in [0.3, 0.4) is 0 Å².